The number of nitrogens with zero attached hydrogens (tertiary/aromatic N) is 2. The minimum Gasteiger partial charge on any atom is -0.550 e. The lowest BCUT2D eigenvalue weighted by Gasteiger charge is -2.18. The molecule has 2 heterocycles. The number of carbonyl (C=O) groups is 3. The molecule has 23 heavy (non-hydrogen) atoms. The molecule has 0 unspecified atom stereocenters. The number of cyclic esters (lactones) is 1. The maximum atomic E-state index is 11.9. The highest BCUT2D eigenvalue weighted by Crippen LogP contribution is 2.32. The first-order chi connectivity index (χ1) is 10.6. The number of rotatable bonds is 4. The Bertz CT molecular complexity index is 678. The molecule has 0 aromatic carbocycles. The Morgan fingerprint density at radius 1 is 1.43 bits per heavy atom. The van der Waals surface area contributed by atoms with Gasteiger partial charge < -0.3 is 20.0 Å². The summed E-state index contributed by atoms with van der Waals surface area (Å²) in [7, 11) is 0. The van der Waals surface area contributed by atoms with Gasteiger partial charge in [0.15, 0.2) is 5.17 Å². The zero-order chi connectivity index (χ0) is 17.4. The zero-order valence-corrected chi connectivity index (χ0v) is 13.9. The van der Waals surface area contributed by atoms with Crippen LogP contribution in [0, 0.1) is 0 Å². The molecular weight excluding hydrogens is 322 g/mol. The van der Waals surface area contributed by atoms with E-state index in [0.717, 1.165) is 17.3 Å². The van der Waals surface area contributed by atoms with Crippen LogP contribution in [0.4, 0.5) is 0 Å². The molecule has 0 aromatic rings. The van der Waals surface area contributed by atoms with E-state index in [4.69, 9.17) is 4.74 Å². The van der Waals surface area contributed by atoms with E-state index in [9.17, 15) is 19.5 Å². The van der Waals surface area contributed by atoms with E-state index in [2.05, 4.69) is 15.5 Å². The van der Waals surface area contributed by atoms with Gasteiger partial charge in [0.2, 0.25) is 5.91 Å². The monoisotopic (exact) mass is 338 g/mol. The van der Waals surface area contributed by atoms with Crippen molar-refractivity contribution in [1.82, 2.24) is 5.32 Å². The van der Waals surface area contributed by atoms with Crippen LogP contribution in [-0.4, -0.2) is 39.6 Å². The summed E-state index contributed by atoms with van der Waals surface area (Å²) in [6.45, 7) is 6.97. The predicted molar refractivity (Wildman–Crippen MR) is 82.6 cm³/mol. The lowest BCUT2D eigenvalue weighted by atomic mass is 9.96. The molecule has 9 heteroatoms. The average molecular weight is 338 g/mol. The van der Waals surface area contributed by atoms with E-state index in [-0.39, 0.29) is 5.17 Å². The van der Waals surface area contributed by atoms with Crippen LogP contribution in [0.3, 0.4) is 0 Å². The smallest absolute Gasteiger partial charge is 0.341 e. The normalized spacial score (nSPS) is 25.8. The largest absolute Gasteiger partial charge is 0.550 e. The highest BCUT2D eigenvalue weighted by atomic mass is 32.2. The molecule has 0 radical (unpaired) electrons. The second-order valence-electron chi connectivity index (χ2n) is 5.66. The van der Waals surface area contributed by atoms with Crippen molar-refractivity contribution >= 4 is 40.5 Å². The number of hydrogen-bond donors (Lipinski definition) is 1. The zero-order valence-electron chi connectivity index (χ0n) is 13.1. The Balaban J connectivity index is 2.17. The lowest BCUT2D eigenvalue weighted by Crippen LogP contribution is -2.31. The van der Waals surface area contributed by atoms with Gasteiger partial charge in [0.1, 0.15) is 5.60 Å². The van der Waals surface area contributed by atoms with Gasteiger partial charge in [-0.05, 0) is 33.3 Å². The van der Waals surface area contributed by atoms with E-state index in [0.29, 0.717) is 11.3 Å². The Kier molecular flexibility index (Phi) is 4.60. The van der Waals surface area contributed by atoms with E-state index in [1.807, 2.05) is 0 Å². The highest BCUT2D eigenvalue weighted by molar-refractivity contribution is 8.15. The maximum absolute atomic E-state index is 11.9. The molecule has 1 saturated heterocycles. The third kappa shape index (κ3) is 3.61. The van der Waals surface area contributed by atoms with Crippen molar-refractivity contribution in [1.29, 1.82) is 0 Å². The lowest BCUT2D eigenvalue weighted by molar-refractivity contribution is -0.305. The molecule has 2 aliphatic rings. The van der Waals surface area contributed by atoms with Gasteiger partial charge in [-0.3, -0.25) is 4.79 Å². The van der Waals surface area contributed by atoms with Crippen molar-refractivity contribution in [3.05, 3.63) is 11.1 Å². The van der Waals surface area contributed by atoms with Gasteiger partial charge in [0.05, 0.1) is 16.5 Å². The molecule has 1 N–H and O–H groups in total. The summed E-state index contributed by atoms with van der Waals surface area (Å²) in [4.78, 5) is 34.0. The molecule has 2 rings (SSSR count). The van der Waals surface area contributed by atoms with Crippen LogP contribution in [0.2, 0.25) is 0 Å². The number of thioether (sulfide) groups is 1. The molecular formula is C14H16N3O5S-. The third-order valence-electron chi connectivity index (χ3n) is 3.61. The van der Waals surface area contributed by atoms with E-state index >= 15 is 0 Å². The van der Waals surface area contributed by atoms with Gasteiger partial charge in [0.25, 0.3) is 0 Å². The molecule has 0 spiro atoms. The van der Waals surface area contributed by atoms with Crippen LogP contribution in [0.25, 0.3) is 0 Å². The number of aliphatic carboxylic acids is 1. The molecule has 0 bridgehead atoms. The molecule has 1 fully saturated rings. The van der Waals surface area contributed by atoms with E-state index < -0.39 is 35.1 Å². The third-order valence-corrected chi connectivity index (χ3v) is 4.68. The molecule has 0 aromatic heterocycles. The quantitative estimate of drug-likeness (QED) is 0.428. The highest BCUT2D eigenvalue weighted by Gasteiger charge is 2.39. The number of nitrogens with one attached hydrogen (secondary N) is 1. The van der Waals surface area contributed by atoms with Crippen molar-refractivity contribution in [2.45, 2.75) is 45.0 Å². The van der Waals surface area contributed by atoms with Crippen LogP contribution in [0.1, 0.15) is 34.1 Å². The Morgan fingerprint density at radius 3 is 2.61 bits per heavy atom. The number of amidine groups is 1. The van der Waals surface area contributed by atoms with Crippen molar-refractivity contribution in [3.63, 3.8) is 0 Å². The summed E-state index contributed by atoms with van der Waals surface area (Å²) < 4.78 is 5.25. The second-order valence-corrected chi connectivity index (χ2v) is 6.85. The Hall–Kier alpha value is -2.16. The summed E-state index contributed by atoms with van der Waals surface area (Å²) in [5.41, 5.74) is 0.789. The van der Waals surface area contributed by atoms with Gasteiger partial charge in [-0.1, -0.05) is 11.8 Å². The number of ether oxygens (including phenoxy) is 1. The number of amides is 1. The molecule has 8 nitrogen and oxygen atoms in total. The minimum atomic E-state index is -1.31. The van der Waals surface area contributed by atoms with Crippen LogP contribution in [0.5, 0.6) is 0 Å². The Labute approximate surface area is 137 Å². The van der Waals surface area contributed by atoms with Crippen molar-refractivity contribution in [3.8, 4) is 0 Å². The van der Waals surface area contributed by atoms with Crippen LogP contribution in [0.15, 0.2) is 21.3 Å². The number of carboxylic acids is 1. The fourth-order valence-electron chi connectivity index (χ4n) is 2.14. The number of esters is 1. The van der Waals surface area contributed by atoms with Crippen molar-refractivity contribution < 1.29 is 24.2 Å². The average Bonchev–Trinajstić information content (AvgIpc) is 2.84. The van der Waals surface area contributed by atoms with Crippen molar-refractivity contribution in [2.24, 2.45) is 10.2 Å². The SMILES string of the molecule is CC1=C(/C(C)=N\N=C2/NC(=O)[C@H](CC(=O)[O-])S2)C(=O)OC1(C)C. The van der Waals surface area contributed by atoms with Gasteiger partial charge >= 0.3 is 5.97 Å². The van der Waals surface area contributed by atoms with Gasteiger partial charge in [-0.25, -0.2) is 4.79 Å². The number of hydrogen-bond acceptors (Lipinski definition) is 8. The first kappa shape index (κ1) is 17.2. The number of carbonyl (C=O) groups excluding carboxylic acids is 3. The second kappa shape index (κ2) is 6.15. The molecule has 1 amide bonds. The summed E-state index contributed by atoms with van der Waals surface area (Å²) in [6, 6.07) is 0. The molecule has 1 atom stereocenters. The number of carboxylic acid groups (broad SMARTS) is 1. The summed E-state index contributed by atoms with van der Waals surface area (Å²) in [5.74, 6) is -2.23. The van der Waals surface area contributed by atoms with Crippen LogP contribution >= 0.6 is 11.8 Å². The summed E-state index contributed by atoms with van der Waals surface area (Å²) >= 11 is 0.962. The van der Waals surface area contributed by atoms with E-state index in [1.54, 1.807) is 27.7 Å². The molecule has 0 saturated carbocycles. The first-order valence-corrected chi connectivity index (χ1v) is 7.74. The predicted octanol–water partition coefficient (Wildman–Crippen LogP) is -0.258. The van der Waals surface area contributed by atoms with Crippen LogP contribution in [-0.2, 0) is 19.1 Å². The van der Waals surface area contributed by atoms with Gasteiger partial charge in [0, 0.05) is 12.4 Å². The summed E-state index contributed by atoms with van der Waals surface area (Å²) in [5, 5.41) is 20.2. The first-order valence-electron chi connectivity index (χ1n) is 6.86. The topological polar surface area (TPSA) is 120 Å². The van der Waals surface area contributed by atoms with Gasteiger partial charge in [-0.15, -0.1) is 5.10 Å². The fourth-order valence-corrected chi connectivity index (χ4v) is 3.04. The minimum absolute atomic E-state index is 0.185. The maximum Gasteiger partial charge on any atom is 0.341 e. The molecule has 2 aliphatic heterocycles. The van der Waals surface area contributed by atoms with Crippen molar-refractivity contribution in [2.75, 3.05) is 0 Å². The molecule has 124 valence electrons. The fraction of sp³-hybridized carbons (Fsp3) is 0.500. The van der Waals surface area contributed by atoms with Gasteiger partial charge in [-0.2, -0.15) is 5.10 Å². The summed E-state index contributed by atoms with van der Waals surface area (Å²) in [6.07, 6.45) is -0.400. The molecule has 0 aliphatic carbocycles. The van der Waals surface area contributed by atoms with Crippen LogP contribution < -0.4 is 10.4 Å². The Morgan fingerprint density at radius 2 is 2.09 bits per heavy atom. The van der Waals surface area contributed by atoms with E-state index in [1.165, 1.54) is 0 Å². The standard InChI is InChI=1S/C14H17N3O5S/c1-6-10(12(21)22-14(6,3)4)7(2)16-17-13-15-11(20)8(23-13)5-9(18)19/h8H,5H2,1-4H3,(H,18,19)(H,15,17,20)/p-1/b16-7-/t8-/m0/s1.